The van der Waals surface area contributed by atoms with Crippen LogP contribution in [0, 0.1) is 0 Å². The van der Waals surface area contributed by atoms with E-state index >= 15 is 0 Å². The van der Waals surface area contributed by atoms with Crippen LogP contribution in [0.25, 0.3) is 17.2 Å². The molecule has 0 radical (unpaired) electrons. The minimum Gasteiger partial charge on any atom is -0.478 e. The van der Waals surface area contributed by atoms with Gasteiger partial charge < -0.3 is 5.11 Å². The molecular formula is C16H10ClF3O2. The Morgan fingerprint density at radius 2 is 1.82 bits per heavy atom. The number of hydrogen-bond acceptors (Lipinski definition) is 1. The van der Waals surface area contributed by atoms with Gasteiger partial charge in [-0.3, -0.25) is 0 Å². The van der Waals surface area contributed by atoms with E-state index in [2.05, 4.69) is 0 Å². The number of benzene rings is 2. The van der Waals surface area contributed by atoms with Crippen LogP contribution in [0.3, 0.4) is 0 Å². The van der Waals surface area contributed by atoms with Crippen LogP contribution in [-0.2, 0) is 11.0 Å². The van der Waals surface area contributed by atoms with E-state index in [1.807, 2.05) is 0 Å². The fourth-order valence-electron chi connectivity index (χ4n) is 2.00. The van der Waals surface area contributed by atoms with Crippen LogP contribution in [0.15, 0.2) is 48.5 Å². The second kappa shape index (κ2) is 6.23. The van der Waals surface area contributed by atoms with Gasteiger partial charge in [-0.15, -0.1) is 0 Å². The molecule has 6 heteroatoms. The standard InChI is InChI=1S/C16H10ClF3O2/c17-13-6-2-3-10(7-8-14(21)22)15(13)11-4-1-5-12(9-11)16(18,19)20/h1-9H,(H,21,22)/b8-7+. The quantitative estimate of drug-likeness (QED) is 0.794. The molecule has 0 saturated heterocycles. The lowest BCUT2D eigenvalue weighted by Crippen LogP contribution is -2.04. The van der Waals surface area contributed by atoms with Crippen LogP contribution >= 0.6 is 11.6 Å². The molecule has 0 saturated carbocycles. The maximum absolute atomic E-state index is 12.8. The molecule has 0 spiro atoms. The number of carboxylic acids is 1. The fourth-order valence-corrected chi connectivity index (χ4v) is 2.29. The van der Waals surface area contributed by atoms with Crippen LogP contribution in [0.4, 0.5) is 13.2 Å². The van der Waals surface area contributed by atoms with Gasteiger partial charge in [0, 0.05) is 16.7 Å². The Hall–Kier alpha value is -2.27. The van der Waals surface area contributed by atoms with Gasteiger partial charge in [-0.1, -0.05) is 35.9 Å². The Balaban J connectivity index is 2.60. The van der Waals surface area contributed by atoms with Crippen LogP contribution < -0.4 is 0 Å². The van der Waals surface area contributed by atoms with Crippen molar-refractivity contribution in [1.29, 1.82) is 0 Å². The third-order valence-electron chi connectivity index (χ3n) is 2.93. The SMILES string of the molecule is O=C(O)/C=C/c1cccc(Cl)c1-c1cccc(C(F)(F)F)c1. The lowest BCUT2D eigenvalue weighted by atomic mass is 9.97. The fraction of sp³-hybridized carbons (Fsp3) is 0.0625. The second-order valence-corrected chi connectivity index (χ2v) is 4.86. The van der Waals surface area contributed by atoms with E-state index in [-0.39, 0.29) is 10.6 Å². The molecule has 0 aliphatic carbocycles. The third-order valence-corrected chi connectivity index (χ3v) is 3.24. The summed E-state index contributed by atoms with van der Waals surface area (Å²) in [7, 11) is 0. The molecule has 22 heavy (non-hydrogen) atoms. The van der Waals surface area contributed by atoms with E-state index in [4.69, 9.17) is 16.7 Å². The highest BCUT2D eigenvalue weighted by Gasteiger charge is 2.30. The molecule has 2 rings (SSSR count). The number of halogens is 4. The molecule has 114 valence electrons. The van der Waals surface area contributed by atoms with Crippen molar-refractivity contribution in [3.05, 3.63) is 64.7 Å². The average molecular weight is 327 g/mol. The summed E-state index contributed by atoms with van der Waals surface area (Å²) >= 11 is 6.08. The summed E-state index contributed by atoms with van der Waals surface area (Å²) in [5, 5.41) is 8.93. The summed E-state index contributed by atoms with van der Waals surface area (Å²) in [5.41, 5.74) is 0.255. The molecule has 1 N–H and O–H groups in total. The van der Waals surface area contributed by atoms with Crippen LogP contribution in [-0.4, -0.2) is 11.1 Å². The van der Waals surface area contributed by atoms with Gasteiger partial charge >= 0.3 is 12.1 Å². The number of rotatable bonds is 3. The van der Waals surface area contributed by atoms with Gasteiger partial charge in [-0.2, -0.15) is 13.2 Å². The summed E-state index contributed by atoms with van der Waals surface area (Å²) in [4.78, 5) is 10.6. The van der Waals surface area contributed by atoms with Gasteiger partial charge in [0.25, 0.3) is 0 Å². The Morgan fingerprint density at radius 3 is 2.45 bits per heavy atom. The molecule has 2 aromatic rings. The van der Waals surface area contributed by atoms with E-state index in [0.717, 1.165) is 18.2 Å². The van der Waals surface area contributed by atoms with Crippen molar-refractivity contribution in [3.63, 3.8) is 0 Å². The molecule has 0 aliphatic rings. The van der Waals surface area contributed by atoms with Crippen molar-refractivity contribution >= 4 is 23.6 Å². The predicted molar refractivity (Wildman–Crippen MR) is 78.6 cm³/mol. The first-order valence-electron chi connectivity index (χ1n) is 6.16. The second-order valence-electron chi connectivity index (χ2n) is 4.45. The minimum atomic E-state index is -4.46. The van der Waals surface area contributed by atoms with Crippen molar-refractivity contribution in [2.75, 3.05) is 0 Å². The molecule has 2 aromatic carbocycles. The van der Waals surface area contributed by atoms with E-state index in [0.29, 0.717) is 11.1 Å². The maximum atomic E-state index is 12.8. The lowest BCUT2D eigenvalue weighted by molar-refractivity contribution is -0.137. The maximum Gasteiger partial charge on any atom is 0.416 e. The number of alkyl halides is 3. The highest BCUT2D eigenvalue weighted by Crippen LogP contribution is 2.36. The van der Waals surface area contributed by atoms with Crippen molar-refractivity contribution in [2.45, 2.75) is 6.18 Å². The minimum absolute atomic E-state index is 0.242. The molecule has 0 aliphatic heterocycles. The summed E-state index contributed by atoms with van der Waals surface area (Å²) < 4.78 is 38.4. The van der Waals surface area contributed by atoms with Gasteiger partial charge in [-0.05, 0) is 35.4 Å². The molecule has 0 fully saturated rings. The third kappa shape index (κ3) is 3.68. The van der Waals surface area contributed by atoms with Gasteiger partial charge in [-0.25, -0.2) is 4.79 Å². The summed E-state index contributed by atoms with van der Waals surface area (Å²) in [6.07, 6.45) is -2.26. The average Bonchev–Trinajstić information content (AvgIpc) is 2.44. The Morgan fingerprint density at radius 1 is 1.14 bits per heavy atom. The topological polar surface area (TPSA) is 37.3 Å². The van der Waals surface area contributed by atoms with Crippen molar-refractivity contribution < 1.29 is 23.1 Å². The zero-order chi connectivity index (χ0) is 16.3. The highest BCUT2D eigenvalue weighted by atomic mass is 35.5. The number of hydrogen-bond donors (Lipinski definition) is 1. The van der Waals surface area contributed by atoms with E-state index in [1.165, 1.54) is 24.3 Å². The summed E-state index contributed by atoms with van der Waals surface area (Å²) in [6.45, 7) is 0. The highest BCUT2D eigenvalue weighted by molar-refractivity contribution is 6.33. The van der Waals surface area contributed by atoms with Gasteiger partial charge in [0.1, 0.15) is 0 Å². The number of aliphatic carboxylic acids is 1. The van der Waals surface area contributed by atoms with Gasteiger partial charge in [0.05, 0.1) is 5.56 Å². The molecule has 0 aromatic heterocycles. The molecule has 0 unspecified atom stereocenters. The Bertz CT molecular complexity index is 736. The molecule has 0 atom stereocenters. The molecule has 0 amide bonds. The van der Waals surface area contributed by atoms with E-state index in [9.17, 15) is 18.0 Å². The van der Waals surface area contributed by atoms with Crippen LogP contribution in [0.2, 0.25) is 5.02 Å². The molecule has 2 nitrogen and oxygen atoms in total. The first-order chi connectivity index (χ1) is 10.3. The molecule has 0 heterocycles. The number of carbonyl (C=O) groups is 1. The van der Waals surface area contributed by atoms with E-state index < -0.39 is 17.7 Å². The van der Waals surface area contributed by atoms with Crippen LogP contribution in [0.1, 0.15) is 11.1 Å². The predicted octanol–water partition coefficient (Wildman–Crippen LogP) is 5.12. The smallest absolute Gasteiger partial charge is 0.416 e. The first kappa shape index (κ1) is 16.1. The monoisotopic (exact) mass is 326 g/mol. The normalized spacial score (nSPS) is 11.8. The molecule has 0 bridgehead atoms. The first-order valence-corrected chi connectivity index (χ1v) is 6.54. The van der Waals surface area contributed by atoms with Crippen molar-refractivity contribution in [3.8, 4) is 11.1 Å². The summed E-state index contributed by atoms with van der Waals surface area (Å²) in [6, 6.07) is 9.45. The van der Waals surface area contributed by atoms with Crippen molar-refractivity contribution in [2.24, 2.45) is 0 Å². The van der Waals surface area contributed by atoms with Crippen molar-refractivity contribution in [1.82, 2.24) is 0 Å². The zero-order valence-corrected chi connectivity index (χ0v) is 11.8. The lowest BCUT2D eigenvalue weighted by Gasteiger charge is -2.12. The largest absolute Gasteiger partial charge is 0.478 e. The van der Waals surface area contributed by atoms with Crippen LogP contribution in [0.5, 0.6) is 0 Å². The van der Waals surface area contributed by atoms with Gasteiger partial charge in [0.2, 0.25) is 0 Å². The Kier molecular flexibility index (Phi) is 4.56. The number of carboxylic acid groups (broad SMARTS) is 1. The van der Waals surface area contributed by atoms with Gasteiger partial charge in [0.15, 0.2) is 0 Å². The zero-order valence-electron chi connectivity index (χ0n) is 11.1. The Labute approximate surface area is 129 Å². The van der Waals surface area contributed by atoms with E-state index in [1.54, 1.807) is 12.1 Å². The molecular weight excluding hydrogens is 317 g/mol. The summed E-state index contributed by atoms with van der Waals surface area (Å²) in [5.74, 6) is -1.16.